The smallest absolute Gasteiger partial charge is 0.407 e. The first-order chi connectivity index (χ1) is 23.9. The molecule has 5 amide bonds. The highest BCUT2D eigenvalue weighted by Crippen LogP contribution is 2.32. The number of nitrogens with two attached hydrogens (primary N) is 2. The van der Waals surface area contributed by atoms with E-state index in [1.165, 1.54) is 0 Å². The average Bonchev–Trinajstić information content (AvgIpc) is 3.39. The highest BCUT2D eigenvalue weighted by Gasteiger charge is 2.29. The molecule has 0 unspecified atom stereocenters. The fourth-order valence-corrected chi connectivity index (χ4v) is 5.23. The molecule has 2 heterocycles. The number of urea groups is 1. The van der Waals surface area contributed by atoms with Crippen molar-refractivity contribution in [1.29, 1.82) is 0 Å². The van der Waals surface area contributed by atoms with Gasteiger partial charge in [0.15, 0.2) is 5.82 Å². The molecule has 0 saturated carbocycles. The standard InChI is InChI=1S/C35H55N9O7/c1-9-49-19-25-42-27-28(44(25)20-35(7,8)50-18-17-39-33(48)51-34(4,5)6)22-13-10-11-14-23(22)40-29(27)43-30(45)24(15-12-16-38-32(37)47)41-31(46)26(36)21(2)3/h10-11,13-14,21,24,26H,9,12,15-20,36H2,1-8H3,(H,39,48)(H,41,46)(H3,37,38,47)(H,40,43,45)/t24-,26-/m0/s1. The summed E-state index contributed by atoms with van der Waals surface area (Å²) in [7, 11) is 0. The summed E-state index contributed by atoms with van der Waals surface area (Å²) in [5.41, 5.74) is 11.7. The van der Waals surface area contributed by atoms with Crippen LogP contribution in [-0.2, 0) is 37.0 Å². The number of benzene rings is 1. The van der Waals surface area contributed by atoms with Crippen LogP contribution in [0, 0.1) is 5.92 Å². The zero-order valence-electron chi connectivity index (χ0n) is 31.1. The molecular weight excluding hydrogens is 658 g/mol. The van der Waals surface area contributed by atoms with Crippen molar-refractivity contribution >= 4 is 51.7 Å². The van der Waals surface area contributed by atoms with E-state index >= 15 is 0 Å². The molecular formula is C35H55N9O7. The van der Waals surface area contributed by atoms with Crippen molar-refractivity contribution in [2.45, 2.75) is 105 Å². The third-order valence-corrected chi connectivity index (χ3v) is 7.76. The summed E-state index contributed by atoms with van der Waals surface area (Å²) in [5, 5.41) is 11.7. The number of imidazole rings is 1. The Labute approximate surface area is 299 Å². The number of aromatic nitrogens is 3. The maximum absolute atomic E-state index is 13.9. The zero-order valence-corrected chi connectivity index (χ0v) is 31.1. The van der Waals surface area contributed by atoms with E-state index in [1.54, 1.807) is 20.8 Å². The number of pyridine rings is 1. The number of carbonyl (C=O) groups is 4. The third-order valence-electron chi connectivity index (χ3n) is 7.76. The van der Waals surface area contributed by atoms with Crippen molar-refractivity contribution in [2.24, 2.45) is 17.4 Å². The second-order valence-electron chi connectivity index (χ2n) is 14.2. The van der Waals surface area contributed by atoms with Crippen LogP contribution in [0.4, 0.5) is 15.4 Å². The molecule has 51 heavy (non-hydrogen) atoms. The molecule has 8 N–H and O–H groups in total. The monoisotopic (exact) mass is 713 g/mol. The van der Waals surface area contributed by atoms with E-state index in [0.29, 0.717) is 41.9 Å². The molecule has 0 bridgehead atoms. The van der Waals surface area contributed by atoms with Gasteiger partial charge >= 0.3 is 12.1 Å². The molecule has 0 fully saturated rings. The van der Waals surface area contributed by atoms with Gasteiger partial charge < -0.3 is 51.5 Å². The Balaban J connectivity index is 1.98. The van der Waals surface area contributed by atoms with Crippen molar-refractivity contribution < 1.29 is 33.4 Å². The van der Waals surface area contributed by atoms with E-state index in [4.69, 9.17) is 35.6 Å². The van der Waals surface area contributed by atoms with Crippen molar-refractivity contribution in [3.8, 4) is 0 Å². The number of rotatable bonds is 18. The molecule has 1 aromatic carbocycles. The van der Waals surface area contributed by atoms with E-state index in [-0.39, 0.29) is 44.5 Å². The predicted octanol–water partition coefficient (Wildman–Crippen LogP) is 3.30. The molecule has 0 spiro atoms. The summed E-state index contributed by atoms with van der Waals surface area (Å²) in [6.45, 7) is 16.4. The number of para-hydroxylation sites is 1. The number of alkyl carbamates (subject to hydrolysis) is 1. The van der Waals surface area contributed by atoms with Gasteiger partial charge in [-0.05, 0) is 66.4 Å². The van der Waals surface area contributed by atoms with Crippen LogP contribution in [-0.4, -0.2) is 88.1 Å². The Morgan fingerprint density at radius 3 is 2.33 bits per heavy atom. The van der Waals surface area contributed by atoms with Gasteiger partial charge in [0, 0.05) is 25.1 Å². The largest absolute Gasteiger partial charge is 0.444 e. The lowest BCUT2D eigenvalue weighted by Crippen LogP contribution is -2.51. The number of hydrogen-bond donors (Lipinski definition) is 6. The topological polar surface area (TPSA) is 227 Å². The SMILES string of the molecule is CCOCc1nc2c(NC(=O)[C@H](CCCNC(N)=O)NC(=O)[C@@H](N)C(C)C)nc3ccccc3c2n1CC(C)(C)OCCNC(=O)OC(C)(C)C. The summed E-state index contributed by atoms with van der Waals surface area (Å²) < 4.78 is 19.4. The van der Waals surface area contributed by atoms with Gasteiger partial charge in [-0.25, -0.2) is 19.6 Å². The number of nitrogens with one attached hydrogen (secondary N) is 4. The maximum atomic E-state index is 13.9. The fraction of sp³-hybridized carbons (Fsp3) is 0.600. The first-order valence-electron chi connectivity index (χ1n) is 17.3. The summed E-state index contributed by atoms with van der Waals surface area (Å²) in [5.74, 6) is -0.363. The van der Waals surface area contributed by atoms with Gasteiger partial charge in [0.25, 0.3) is 0 Å². The van der Waals surface area contributed by atoms with Gasteiger partial charge in [0.05, 0.1) is 35.8 Å². The van der Waals surface area contributed by atoms with Crippen LogP contribution in [0.15, 0.2) is 24.3 Å². The van der Waals surface area contributed by atoms with Gasteiger partial charge in [-0.1, -0.05) is 32.0 Å². The number of nitrogens with zero attached hydrogens (tertiary/aromatic N) is 3. The molecule has 0 saturated heterocycles. The molecule has 0 aliphatic rings. The van der Waals surface area contributed by atoms with E-state index in [1.807, 2.05) is 63.5 Å². The molecule has 282 valence electrons. The minimum atomic E-state index is -0.994. The minimum Gasteiger partial charge on any atom is -0.444 e. The average molecular weight is 714 g/mol. The summed E-state index contributed by atoms with van der Waals surface area (Å²) >= 11 is 0. The number of fused-ring (bicyclic) bond motifs is 3. The highest BCUT2D eigenvalue weighted by atomic mass is 16.6. The van der Waals surface area contributed by atoms with Gasteiger partial charge in [-0.2, -0.15) is 0 Å². The van der Waals surface area contributed by atoms with Crippen LogP contribution in [0.2, 0.25) is 0 Å². The molecule has 3 aromatic rings. The quantitative estimate of drug-likeness (QED) is 0.105. The van der Waals surface area contributed by atoms with E-state index in [2.05, 4.69) is 21.3 Å². The minimum absolute atomic E-state index is 0.158. The lowest BCUT2D eigenvalue weighted by Gasteiger charge is -2.27. The van der Waals surface area contributed by atoms with Gasteiger partial charge in [0.2, 0.25) is 11.8 Å². The maximum Gasteiger partial charge on any atom is 0.407 e. The molecule has 16 heteroatoms. The van der Waals surface area contributed by atoms with Gasteiger partial charge in [0.1, 0.15) is 29.6 Å². The predicted molar refractivity (Wildman–Crippen MR) is 195 cm³/mol. The first-order valence-corrected chi connectivity index (χ1v) is 17.3. The van der Waals surface area contributed by atoms with Crippen molar-refractivity contribution in [3.05, 3.63) is 30.1 Å². The summed E-state index contributed by atoms with van der Waals surface area (Å²) in [4.78, 5) is 59.8. The lowest BCUT2D eigenvalue weighted by molar-refractivity contribution is -0.128. The second-order valence-corrected chi connectivity index (χ2v) is 14.2. The number of amides is 5. The summed E-state index contributed by atoms with van der Waals surface area (Å²) in [6.07, 6.45) is 0.0235. The van der Waals surface area contributed by atoms with Crippen molar-refractivity contribution in [3.63, 3.8) is 0 Å². The van der Waals surface area contributed by atoms with Crippen LogP contribution in [0.25, 0.3) is 21.9 Å². The molecule has 3 rings (SSSR count). The number of hydrogen-bond acceptors (Lipinski definition) is 10. The van der Waals surface area contributed by atoms with Gasteiger partial charge in [-0.15, -0.1) is 0 Å². The van der Waals surface area contributed by atoms with E-state index in [9.17, 15) is 19.2 Å². The molecule has 0 radical (unpaired) electrons. The number of carbonyl (C=O) groups excluding carboxylic acids is 4. The third kappa shape index (κ3) is 12.3. The molecule has 0 aliphatic heterocycles. The van der Waals surface area contributed by atoms with Crippen LogP contribution in [0.1, 0.15) is 74.1 Å². The molecule has 2 atom stereocenters. The Bertz CT molecular complexity index is 1670. The normalized spacial score (nSPS) is 13.2. The molecule has 0 aliphatic carbocycles. The molecule has 16 nitrogen and oxygen atoms in total. The Kier molecular flexibility index (Phi) is 14.5. The van der Waals surface area contributed by atoms with E-state index in [0.717, 1.165) is 5.39 Å². The Hall–Kier alpha value is -4.54. The van der Waals surface area contributed by atoms with Crippen LogP contribution < -0.4 is 32.7 Å². The fourth-order valence-electron chi connectivity index (χ4n) is 5.23. The first kappa shape index (κ1) is 40.9. The second kappa shape index (κ2) is 18.1. The van der Waals surface area contributed by atoms with E-state index < -0.39 is 47.2 Å². The zero-order chi connectivity index (χ0) is 37.9. The van der Waals surface area contributed by atoms with Crippen molar-refractivity contribution in [2.75, 3.05) is 31.6 Å². The Morgan fingerprint density at radius 2 is 1.69 bits per heavy atom. The Morgan fingerprint density at radius 1 is 0.980 bits per heavy atom. The van der Waals surface area contributed by atoms with Crippen molar-refractivity contribution in [1.82, 2.24) is 30.5 Å². The van der Waals surface area contributed by atoms with Crippen LogP contribution in [0.5, 0.6) is 0 Å². The lowest BCUT2D eigenvalue weighted by atomic mass is 10.0. The number of primary amides is 1. The molecule has 2 aromatic heterocycles. The highest BCUT2D eigenvalue weighted by molar-refractivity contribution is 6.10. The number of ether oxygens (including phenoxy) is 3. The van der Waals surface area contributed by atoms with Crippen LogP contribution in [0.3, 0.4) is 0 Å². The number of anilines is 1. The van der Waals surface area contributed by atoms with Gasteiger partial charge in [-0.3, -0.25) is 9.59 Å². The van der Waals surface area contributed by atoms with Crippen LogP contribution >= 0.6 is 0 Å². The summed E-state index contributed by atoms with van der Waals surface area (Å²) in [6, 6.07) is 5.01.